The molecule has 0 aromatic rings. The highest BCUT2D eigenvalue weighted by Crippen LogP contribution is 2.66. The largest absolute Gasteiger partial charge is 0.488 e. The standard InChI is InChI=1S/C17H29N2O11P3S/c20-17(14-7-3-1-4-8-14)19-12-6-2-5-11-18-16-10-9-15(28-16)13-27-33(26,34)30-32(24,25)29-31(21,22)23/h5,11,14-16,18H,1,3-4,7-10,12-13H2,(H,19,20)(H,24,25)(H,26,34)(H2,21,22,23)/b11-5+/t15-,16+,33?/m0/s1. The zero-order valence-electron chi connectivity index (χ0n) is 18.1. The van der Waals surface area contributed by atoms with Crippen molar-refractivity contribution in [3.05, 3.63) is 12.3 Å². The van der Waals surface area contributed by atoms with Crippen LogP contribution in [-0.2, 0) is 43.6 Å². The second kappa shape index (κ2) is 13.6. The van der Waals surface area contributed by atoms with Gasteiger partial charge in [-0.15, -0.1) is 0 Å². The third-order valence-electron chi connectivity index (χ3n) is 4.82. The monoisotopic (exact) mass is 562 g/mol. The molecule has 2 fully saturated rings. The van der Waals surface area contributed by atoms with Gasteiger partial charge in [0.2, 0.25) is 5.91 Å². The lowest BCUT2D eigenvalue weighted by Gasteiger charge is -2.20. The Morgan fingerprint density at radius 1 is 1.09 bits per heavy atom. The number of ether oxygens (including phenoxy) is 1. The van der Waals surface area contributed by atoms with Gasteiger partial charge >= 0.3 is 22.4 Å². The number of rotatable bonds is 11. The Kier molecular flexibility index (Phi) is 11.8. The first-order chi connectivity index (χ1) is 15.9. The van der Waals surface area contributed by atoms with E-state index in [1.54, 1.807) is 12.3 Å². The van der Waals surface area contributed by atoms with Crippen LogP contribution in [0.15, 0.2) is 12.3 Å². The van der Waals surface area contributed by atoms with Crippen molar-refractivity contribution < 1.29 is 51.4 Å². The van der Waals surface area contributed by atoms with Gasteiger partial charge < -0.3 is 39.5 Å². The Morgan fingerprint density at radius 3 is 2.47 bits per heavy atom. The molecular weight excluding hydrogens is 533 g/mol. The van der Waals surface area contributed by atoms with Crippen LogP contribution in [-0.4, -0.2) is 51.0 Å². The lowest BCUT2D eigenvalue weighted by molar-refractivity contribution is -0.125. The summed E-state index contributed by atoms with van der Waals surface area (Å²) >= 11 is 4.55. The maximum Gasteiger partial charge on any atom is 0.488 e. The summed E-state index contributed by atoms with van der Waals surface area (Å²) in [6.45, 7) is -4.35. The fourth-order valence-corrected chi connectivity index (χ4v) is 7.37. The predicted molar refractivity (Wildman–Crippen MR) is 124 cm³/mol. The SMILES string of the molecule is O=C(NCC#C/C=C/N[C@H]1CC[C@@H](COP(O)(=S)OP(=O)(O)OP(=O)(O)O)O1)C1CCCCC1. The molecule has 0 bridgehead atoms. The van der Waals surface area contributed by atoms with Crippen LogP contribution < -0.4 is 10.6 Å². The number of phosphoric acid groups is 2. The van der Waals surface area contributed by atoms with Crippen molar-refractivity contribution in [2.24, 2.45) is 5.92 Å². The highest BCUT2D eigenvalue weighted by molar-refractivity contribution is 8.08. The lowest BCUT2D eigenvalue weighted by Crippen LogP contribution is -2.32. The van der Waals surface area contributed by atoms with E-state index in [-0.39, 0.29) is 31.2 Å². The van der Waals surface area contributed by atoms with Crippen LogP contribution in [0.4, 0.5) is 0 Å². The van der Waals surface area contributed by atoms with Gasteiger partial charge in [-0.2, -0.15) is 4.31 Å². The van der Waals surface area contributed by atoms with Gasteiger partial charge in [-0.1, -0.05) is 31.1 Å². The number of nitrogens with one attached hydrogen (secondary N) is 2. The van der Waals surface area contributed by atoms with Crippen molar-refractivity contribution in [1.82, 2.24) is 10.6 Å². The maximum atomic E-state index is 12.0. The van der Waals surface area contributed by atoms with Crippen LogP contribution in [0.1, 0.15) is 44.9 Å². The van der Waals surface area contributed by atoms with E-state index < -0.39 is 28.5 Å². The highest BCUT2D eigenvalue weighted by atomic mass is 32.5. The third-order valence-corrected chi connectivity index (χ3v) is 9.54. The first-order valence-corrected chi connectivity index (χ1v) is 16.1. The van der Waals surface area contributed by atoms with Gasteiger partial charge in [-0.3, -0.25) is 4.79 Å². The molecule has 13 nitrogen and oxygen atoms in total. The first-order valence-electron chi connectivity index (χ1n) is 10.5. The van der Waals surface area contributed by atoms with Gasteiger partial charge in [0.25, 0.3) is 0 Å². The molecule has 194 valence electrons. The second-order valence-corrected chi connectivity index (χ2v) is 13.4. The number of carbonyl (C=O) groups is 1. The first kappa shape index (κ1) is 29.6. The zero-order chi connectivity index (χ0) is 25.2. The van der Waals surface area contributed by atoms with Crippen molar-refractivity contribution in [3.8, 4) is 11.8 Å². The minimum atomic E-state index is -5.35. The van der Waals surface area contributed by atoms with Crippen LogP contribution in [0.2, 0.25) is 0 Å². The molecule has 17 heteroatoms. The van der Waals surface area contributed by atoms with Crippen LogP contribution in [0, 0.1) is 17.8 Å². The third kappa shape index (κ3) is 12.4. The molecular formula is C17H29N2O11P3S. The summed E-state index contributed by atoms with van der Waals surface area (Å²) in [7, 11) is -10.7. The van der Waals surface area contributed by atoms with E-state index in [9.17, 15) is 23.7 Å². The zero-order valence-corrected chi connectivity index (χ0v) is 21.6. The van der Waals surface area contributed by atoms with Crippen molar-refractivity contribution in [3.63, 3.8) is 0 Å². The van der Waals surface area contributed by atoms with Crippen molar-refractivity contribution in [1.29, 1.82) is 0 Å². The summed E-state index contributed by atoms with van der Waals surface area (Å²) < 4.78 is 40.4. The number of hydrogen-bond donors (Lipinski definition) is 6. The molecule has 1 aliphatic carbocycles. The molecule has 1 amide bonds. The fourth-order valence-electron chi connectivity index (χ4n) is 3.38. The smallest absolute Gasteiger partial charge is 0.366 e. The van der Waals surface area contributed by atoms with E-state index in [0.717, 1.165) is 25.7 Å². The van der Waals surface area contributed by atoms with Gasteiger partial charge in [0.05, 0.1) is 19.3 Å². The van der Waals surface area contributed by atoms with E-state index in [2.05, 4.69) is 42.9 Å². The normalized spacial score (nSPS) is 25.2. The van der Waals surface area contributed by atoms with E-state index in [0.29, 0.717) is 12.8 Å². The highest BCUT2D eigenvalue weighted by Gasteiger charge is 2.39. The minimum Gasteiger partial charge on any atom is -0.366 e. The summed E-state index contributed by atoms with van der Waals surface area (Å²) in [4.78, 5) is 48.2. The van der Waals surface area contributed by atoms with Crippen LogP contribution in [0.3, 0.4) is 0 Å². The summed E-state index contributed by atoms with van der Waals surface area (Å²) in [5, 5.41) is 5.79. The lowest BCUT2D eigenvalue weighted by atomic mass is 9.89. The van der Waals surface area contributed by atoms with Crippen LogP contribution in [0.5, 0.6) is 0 Å². The van der Waals surface area contributed by atoms with E-state index in [1.165, 1.54) is 6.42 Å². The number of carbonyl (C=O) groups excluding carboxylic acids is 1. The van der Waals surface area contributed by atoms with E-state index in [1.807, 2.05) is 0 Å². The molecule has 1 aliphatic heterocycles. The Hall–Kier alpha value is -0.640. The van der Waals surface area contributed by atoms with E-state index >= 15 is 0 Å². The van der Waals surface area contributed by atoms with Gasteiger partial charge in [-0.05, 0) is 37.5 Å². The predicted octanol–water partition coefficient (Wildman–Crippen LogP) is 1.75. The summed E-state index contributed by atoms with van der Waals surface area (Å²) in [6, 6.07) is 0. The van der Waals surface area contributed by atoms with Gasteiger partial charge in [0.1, 0.15) is 6.23 Å². The molecule has 1 saturated carbocycles. The molecule has 34 heavy (non-hydrogen) atoms. The molecule has 0 radical (unpaired) electrons. The summed E-state index contributed by atoms with van der Waals surface area (Å²) in [6.07, 6.45) is 8.60. The summed E-state index contributed by atoms with van der Waals surface area (Å²) in [5.74, 6) is 5.78. The Morgan fingerprint density at radius 2 is 1.79 bits per heavy atom. The minimum absolute atomic E-state index is 0.0543. The molecule has 4 atom stereocenters. The average molecular weight is 562 g/mol. The molecule has 2 aliphatic rings. The molecule has 2 rings (SSSR count). The Labute approximate surface area is 202 Å². The van der Waals surface area contributed by atoms with Gasteiger partial charge in [-0.25, -0.2) is 13.4 Å². The number of amides is 1. The molecule has 6 N–H and O–H groups in total. The fraction of sp³-hybridized carbons (Fsp3) is 0.706. The van der Waals surface area contributed by atoms with Gasteiger partial charge in [0, 0.05) is 18.2 Å². The van der Waals surface area contributed by atoms with Crippen molar-refractivity contribution >= 4 is 40.1 Å². The van der Waals surface area contributed by atoms with Crippen molar-refractivity contribution in [2.75, 3.05) is 13.2 Å². The van der Waals surface area contributed by atoms with Crippen LogP contribution >= 0.6 is 22.4 Å². The molecule has 0 aromatic heterocycles. The molecule has 1 heterocycles. The molecule has 2 unspecified atom stereocenters. The molecule has 1 saturated heterocycles. The topological polar surface area (TPSA) is 193 Å². The average Bonchev–Trinajstić information content (AvgIpc) is 3.17. The quantitative estimate of drug-likeness (QED) is 0.158. The number of hydrogen-bond acceptors (Lipinski definition) is 9. The van der Waals surface area contributed by atoms with Gasteiger partial charge in [0.15, 0.2) is 0 Å². The van der Waals surface area contributed by atoms with Crippen LogP contribution in [0.25, 0.3) is 0 Å². The number of allylic oxidation sites excluding steroid dienone is 1. The Balaban J connectivity index is 1.63. The van der Waals surface area contributed by atoms with E-state index in [4.69, 9.17) is 19.0 Å². The maximum absolute atomic E-state index is 12.0. The Bertz CT molecular complexity index is 925. The summed E-state index contributed by atoms with van der Waals surface area (Å²) in [5.41, 5.74) is 0. The van der Waals surface area contributed by atoms with Crippen molar-refractivity contribution in [2.45, 2.75) is 57.3 Å². The second-order valence-electron chi connectivity index (χ2n) is 7.58. The molecule has 0 aromatic carbocycles. The molecule has 0 spiro atoms.